The van der Waals surface area contributed by atoms with Crippen LogP contribution in [-0.2, 0) is 6.54 Å². The first-order chi connectivity index (χ1) is 8.15. The molecule has 4 nitrogen and oxygen atoms in total. The van der Waals surface area contributed by atoms with E-state index >= 15 is 0 Å². The Morgan fingerprint density at radius 3 is 3.06 bits per heavy atom. The summed E-state index contributed by atoms with van der Waals surface area (Å²) in [5, 5.41) is 7.69. The van der Waals surface area contributed by atoms with Crippen LogP contribution >= 0.6 is 0 Å². The highest BCUT2D eigenvalue weighted by molar-refractivity contribution is 5.38. The van der Waals surface area contributed by atoms with Crippen LogP contribution in [0.5, 0.6) is 0 Å². The molecule has 0 spiro atoms. The van der Waals surface area contributed by atoms with Gasteiger partial charge < -0.3 is 5.32 Å². The molecule has 0 radical (unpaired) electrons. The van der Waals surface area contributed by atoms with Crippen molar-refractivity contribution in [3.63, 3.8) is 0 Å². The number of rotatable bonds is 4. The van der Waals surface area contributed by atoms with Gasteiger partial charge in [0.2, 0.25) is 0 Å². The molecular formula is C13H18N4. The zero-order chi connectivity index (χ0) is 12.3. The third-order valence-corrected chi connectivity index (χ3v) is 2.47. The first-order valence-electron chi connectivity index (χ1n) is 5.80. The molecule has 0 saturated heterocycles. The summed E-state index contributed by atoms with van der Waals surface area (Å²) in [4.78, 5) is 4.36. The molecule has 0 aliphatic carbocycles. The fourth-order valence-electron chi connectivity index (χ4n) is 1.62. The van der Waals surface area contributed by atoms with Gasteiger partial charge in [-0.2, -0.15) is 5.10 Å². The molecule has 17 heavy (non-hydrogen) atoms. The van der Waals surface area contributed by atoms with Gasteiger partial charge in [0.1, 0.15) is 0 Å². The van der Waals surface area contributed by atoms with Gasteiger partial charge in [-0.15, -0.1) is 0 Å². The van der Waals surface area contributed by atoms with Crippen LogP contribution in [0.3, 0.4) is 0 Å². The molecule has 2 aromatic heterocycles. The van der Waals surface area contributed by atoms with Crippen molar-refractivity contribution in [3.05, 3.63) is 41.4 Å². The number of hydrogen-bond acceptors (Lipinski definition) is 3. The van der Waals surface area contributed by atoms with Gasteiger partial charge in [0.05, 0.1) is 5.69 Å². The third-order valence-electron chi connectivity index (χ3n) is 2.47. The van der Waals surface area contributed by atoms with E-state index in [1.54, 1.807) is 0 Å². The van der Waals surface area contributed by atoms with Gasteiger partial charge in [-0.3, -0.25) is 0 Å². The highest BCUT2D eigenvalue weighted by Crippen LogP contribution is 2.04. The Morgan fingerprint density at radius 2 is 2.29 bits per heavy atom. The fraction of sp³-hybridized carbons (Fsp3) is 0.385. The molecule has 2 heterocycles. The minimum atomic E-state index is 0.811. The van der Waals surface area contributed by atoms with Gasteiger partial charge in [0.15, 0.2) is 5.65 Å². The zero-order valence-corrected chi connectivity index (χ0v) is 10.6. The van der Waals surface area contributed by atoms with Crippen LogP contribution < -0.4 is 5.32 Å². The summed E-state index contributed by atoms with van der Waals surface area (Å²) in [6.45, 7) is 7.87. The Balaban J connectivity index is 2.01. The number of fused-ring (bicyclic) bond motifs is 1. The minimum Gasteiger partial charge on any atom is -0.309 e. The topological polar surface area (TPSA) is 42.2 Å². The molecule has 0 amide bonds. The average Bonchev–Trinajstić information content (AvgIpc) is 2.63. The normalized spacial score (nSPS) is 10.8. The van der Waals surface area contributed by atoms with Crippen LogP contribution in [0.15, 0.2) is 30.1 Å². The second-order valence-electron chi connectivity index (χ2n) is 4.46. The van der Waals surface area contributed by atoms with E-state index in [-0.39, 0.29) is 0 Å². The van der Waals surface area contributed by atoms with Crippen molar-refractivity contribution in [1.29, 1.82) is 0 Å². The predicted octanol–water partition coefficient (Wildman–Crippen LogP) is 2.09. The molecular weight excluding hydrogens is 212 g/mol. The Kier molecular flexibility index (Phi) is 3.54. The van der Waals surface area contributed by atoms with Crippen molar-refractivity contribution in [2.45, 2.75) is 27.3 Å². The number of aromatic nitrogens is 3. The standard InChI is InChI=1S/C13H18N4/c1-10(2)4-5-14-7-12-8-15-13-6-11(3)16-17(13)9-12/h4,6,8-9,14H,5,7H2,1-3H3. The monoisotopic (exact) mass is 230 g/mol. The second kappa shape index (κ2) is 5.10. The fourth-order valence-corrected chi connectivity index (χ4v) is 1.62. The summed E-state index contributed by atoms with van der Waals surface area (Å²) in [6.07, 6.45) is 6.08. The molecule has 0 atom stereocenters. The molecule has 0 saturated carbocycles. The van der Waals surface area contributed by atoms with Crippen LogP contribution in [-0.4, -0.2) is 21.1 Å². The molecule has 0 unspecified atom stereocenters. The Morgan fingerprint density at radius 1 is 1.47 bits per heavy atom. The average molecular weight is 230 g/mol. The summed E-state index contributed by atoms with van der Waals surface area (Å²) < 4.78 is 1.83. The Hall–Kier alpha value is -1.68. The van der Waals surface area contributed by atoms with E-state index in [9.17, 15) is 0 Å². The van der Waals surface area contributed by atoms with E-state index in [1.807, 2.05) is 29.9 Å². The zero-order valence-electron chi connectivity index (χ0n) is 10.6. The molecule has 90 valence electrons. The van der Waals surface area contributed by atoms with E-state index in [0.29, 0.717) is 0 Å². The van der Waals surface area contributed by atoms with Crippen molar-refractivity contribution in [2.24, 2.45) is 0 Å². The molecule has 0 fully saturated rings. The number of aryl methyl sites for hydroxylation is 1. The Labute approximate surface area is 101 Å². The summed E-state index contributed by atoms with van der Waals surface area (Å²) >= 11 is 0. The van der Waals surface area contributed by atoms with E-state index < -0.39 is 0 Å². The van der Waals surface area contributed by atoms with Gasteiger partial charge in [-0.1, -0.05) is 11.6 Å². The highest BCUT2D eigenvalue weighted by Gasteiger charge is 1.99. The second-order valence-corrected chi connectivity index (χ2v) is 4.46. The first-order valence-corrected chi connectivity index (χ1v) is 5.80. The molecule has 2 rings (SSSR count). The SMILES string of the molecule is CC(C)=CCNCc1cnc2cc(C)nn2c1. The number of nitrogens with zero attached hydrogens (tertiary/aromatic N) is 3. The minimum absolute atomic E-state index is 0.811. The van der Waals surface area contributed by atoms with Crippen molar-refractivity contribution in [2.75, 3.05) is 6.54 Å². The summed E-state index contributed by atoms with van der Waals surface area (Å²) in [7, 11) is 0. The maximum Gasteiger partial charge on any atom is 0.155 e. The van der Waals surface area contributed by atoms with Crippen molar-refractivity contribution >= 4 is 5.65 Å². The lowest BCUT2D eigenvalue weighted by Crippen LogP contribution is -2.13. The van der Waals surface area contributed by atoms with Crippen LogP contribution in [0.1, 0.15) is 25.1 Å². The number of allylic oxidation sites excluding steroid dienone is 1. The van der Waals surface area contributed by atoms with Crippen molar-refractivity contribution in [3.8, 4) is 0 Å². The third kappa shape index (κ3) is 3.14. The molecule has 4 heteroatoms. The van der Waals surface area contributed by atoms with E-state index in [4.69, 9.17) is 0 Å². The van der Waals surface area contributed by atoms with Crippen LogP contribution in [0.25, 0.3) is 5.65 Å². The van der Waals surface area contributed by atoms with Crippen LogP contribution in [0.2, 0.25) is 0 Å². The molecule has 0 aliphatic rings. The molecule has 2 aromatic rings. The predicted molar refractivity (Wildman–Crippen MR) is 68.9 cm³/mol. The molecule has 1 N–H and O–H groups in total. The highest BCUT2D eigenvalue weighted by atomic mass is 15.2. The maximum atomic E-state index is 4.36. The van der Waals surface area contributed by atoms with Crippen LogP contribution in [0, 0.1) is 6.92 Å². The lowest BCUT2D eigenvalue weighted by atomic mass is 10.3. The lowest BCUT2D eigenvalue weighted by molar-refractivity contribution is 0.743. The largest absolute Gasteiger partial charge is 0.309 e. The summed E-state index contributed by atoms with van der Waals surface area (Å²) in [5.41, 5.74) is 4.36. The van der Waals surface area contributed by atoms with Crippen molar-refractivity contribution in [1.82, 2.24) is 19.9 Å². The smallest absolute Gasteiger partial charge is 0.155 e. The van der Waals surface area contributed by atoms with Gasteiger partial charge in [0, 0.05) is 37.1 Å². The quantitative estimate of drug-likeness (QED) is 0.646. The van der Waals surface area contributed by atoms with Crippen molar-refractivity contribution < 1.29 is 0 Å². The molecule has 0 aromatic carbocycles. The van der Waals surface area contributed by atoms with Gasteiger partial charge >= 0.3 is 0 Å². The summed E-state index contributed by atoms with van der Waals surface area (Å²) in [6, 6.07) is 1.97. The van der Waals surface area contributed by atoms with Gasteiger partial charge in [-0.25, -0.2) is 9.50 Å². The van der Waals surface area contributed by atoms with E-state index in [0.717, 1.165) is 30.0 Å². The van der Waals surface area contributed by atoms with E-state index in [2.05, 4.69) is 35.3 Å². The summed E-state index contributed by atoms with van der Waals surface area (Å²) in [5.74, 6) is 0. The molecule has 0 bridgehead atoms. The lowest BCUT2D eigenvalue weighted by Gasteiger charge is -2.02. The van der Waals surface area contributed by atoms with Gasteiger partial charge in [0.25, 0.3) is 0 Å². The maximum absolute atomic E-state index is 4.36. The van der Waals surface area contributed by atoms with Crippen LogP contribution in [0.4, 0.5) is 0 Å². The van der Waals surface area contributed by atoms with E-state index in [1.165, 1.54) is 5.57 Å². The number of hydrogen-bond donors (Lipinski definition) is 1. The number of nitrogens with one attached hydrogen (secondary N) is 1. The Bertz CT molecular complexity index is 535. The molecule has 0 aliphatic heterocycles. The first kappa shape index (κ1) is 11.8. The van der Waals surface area contributed by atoms with Gasteiger partial charge in [-0.05, 0) is 20.8 Å².